The number of aryl methyl sites for hydroxylation is 1. The van der Waals surface area contributed by atoms with Crippen LogP contribution in [0.2, 0.25) is 0 Å². The first-order valence-electron chi connectivity index (χ1n) is 7.77. The van der Waals surface area contributed by atoms with Crippen molar-refractivity contribution >= 4 is 11.9 Å². The lowest BCUT2D eigenvalue weighted by atomic mass is 9.97. The van der Waals surface area contributed by atoms with Crippen LogP contribution in [-0.2, 0) is 9.59 Å². The highest BCUT2D eigenvalue weighted by atomic mass is 16.5. The minimum atomic E-state index is -0.751. The molecule has 1 N–H and O–H groups in total. The van der Waals surface area contributed by atoms with E-state index in [0.717, 1.165) is 11.3 Å². The normalized spacial score (nSPS) is 15.6. The number of nitrogens with zero attached hydrogens (tertiary/aromatic N) is 1. The molecular formula is C17H23NO4. The topological polar surface area (TPSA) is 66.8 Å². The molecule has 1 aromatic rings. The molecule has 1 fully saturated rings. The molecule has 1 saturated heterocycles. The van der Waals surface area contributed by atoms with Gasteiger partial charge >= 0.3 is 5.97 Å². The third-order valence-corrected chi connectivity index (χ3v) is 4.08. The number of hydrogen-bond acceptors (Lipinski definition) is 3. The highest BCUT2D eigenvalue weighted by molar-refractivity contribution is 5.77. The van der Waals surface area contributed by atoms with Crippen LogP contribution in [0.25, 0.3) is 0 Å². The number of aliphatic carboxylic acids is 1. The molecule has 0 aliphatic carbocycles. The van der Waals surface area contributed by atoms with Crippen LogP contribution in [0.3, 0.4) is 0 Å². The highest BCUT2D eigenvalue weighted by Gasteiger charge is 2.26. The molecule has 0 saturated carbocycles. The predicted octanol–water partition coefficient (Wildman–Crippen LogP) is 2.48. The van der Waals surface area contributed by atoms with E-state index in [1.807, 2.05) is 31.2 Å². The zero-order chi connectivity index (χ0) is 15.9. The van der Waals surface area contributed by atoms with Crippen LogP contribution in [-0.4, -0.2) is 41.6 Å². The minimum Gasteiger partial charge on any atom is -0.493 e. The van der Waals surface area contributed by atoms with Gasteiger partial charge < -0.3 is 14.7 Å². The van der Waals surface area contributed by atoms with Crippen LogP contribution in [0.5, 0.6) is 5.75 Å². The molecule has 1 aliphatic rings. The number of hydrogen-bond donors (Lipinski definition) is 1. The summed E-state index contributed by atoms with van der Waals surface area (Å²) in [5.74, 6) is -0.0957. The van der Waals surface area contributed by atoms with Gasteiger partial charge in [0.1, 0.15) is 5.75 Å². The Labute approximate surface area is 130 Å². The van der Waals surface area contributed by atoms with Crippen molar-refractivity contribution in [3.63, 3.8) is 0 Å². The second-order valence-corrected chi connectivity index (χ2v) is 5.71. The third-order valence-electron chi connectivity index (χ3n) is 4.08. The van der Waals surface area contributed by atoms with Crippen LogP contribution in [0.1, 0.15) is 31.2 Å². The van der Waals surface area contributed by atoms with E-state index in [-0.39, 0.29) is 11.8 Å². The number of benzene rings is 1. The number of likely N-dealkylation sites (tertiary alicyclic amines) is 1. The molecule has 22 heavy (non-hydrogen) atoms. The van der Waals surface area contributed by atoms with Crippen molar-refractivity contribution in [1.82, 2.24) is 4.90 Å². The van der Waals surface area contributed by atoms with Gasteiger partial charge in [0, 0.05) is 19.5 Å². The number of para-hydroxylation sites is 1. The molecule has 0 atom stereocenters. The Balaban J connectivity index is 1.66. The minimum absolute atomic E-state index is 0.0947. The molecule has 5 nitrogen and oxygen atoms in total. The van der Waals surface area contributed by atoms with Gasteiger partial charge in [-0.2, -0.15) is 0 Å². The standard InChI is InChI=1S/C17H23NO4/c1-13-5-2-3-6-15(13)22-12-4-7-16(19)18-10-8-14(9-11-18)17(20)21/h2-3,5-6,14H,4,7-12H2,1H3,(H,20,21). The fourth-order valence-electron chi connectivity index (χ4n) is 2.66. The highest BCUT2D eigenvalue weighted by Crippen LogP contribution is 2.19. The first-order valence-corrected chi connectivity index (χ1v) is 7.77. The maximum Gasteiger partial charge on any atom is 0.306 e. The summed E-state index contributed by atoms with van der Waals surface area (Å²) in [4.78, 5) is 24.7. The Kier molecular flexibility index (Phi) is 5.81. The predicted molar refractivity (Wildman–Crippen MR) is 82.8 cm³/mol. The van der Waals surface area contributed by atoms with Crippen molar-refractivity contribution in [2.75, 3.05) is 19.7 Å². The monoisotopic (exact) mass is 305 g/mol. The van der Waals surface area contributed by atoms with Gasteiger partial charge in [-0.3, -0.25) is 9.59 Å². The van der Waals surface area contributed by atoms with E-state index < -0.39 is 5.97 Å². The van der Waals surface area contributed by atoms with Gasteiger partial charge in [-0.15, -0.1) is 0 Å². The lowest BCUT2D eigenvalue weighted by Gasteiger charge is -2.30. The molecule has 0 radical (unpaired) electrons. The molecule has 1 aromatic carbocycles. The van der Waals surface area contributed by atoms with E-state index in [1.54, 1.807) is 4.90 Å². The fraction of sp³-hybridized carbons (Fsp3) is 0.529. The van der Waals surface area contributed by atoms with Gasteiger partial charge in [-0.1, -0.05) is 18.2 Å². The van der Waals surface area contributed by atoms with Gasteiger partial charge in [0.25, 0.3) is 0 Å². The van der Waals surface area contributed by atoms with Crippen LogP contribution < -0.4 is 4.74 Å². The van der Waals surface area contributed by atoms with Gasteiger partial charge in [0.15, 0.2) is 0 Å². The Bertz CT molecular complexity index is 521. The Morgan fingerprint density at radius 3 is 2.59 bits per heavy atom. The SMILES string of the molecule is Cc1ccccc1OCCCC(=O)N1CCC(C(=O)O)CC1. The van der Waals surface area contributed by atoms with Crippen molar-refractivity contribution in [2.24, 2.45) is 5.92 Å². The van der Waals surface area contributed by atoms with Gasteiger partial charge in [-0.25, -0.2) is 0 Å². The number of carboxylic acid groups (broad SMARTS) is 1. The zero-order valence-electron chi connectivity index (χ0n) is 13.0. The summed E-state index contributed by atoms with van der Waals surface area (Å²) in [6.07, 6.45) is 2.23. The Morgan fingerprint density at radius 1 is 1.27 bits per heavy atom. The molecule has 1 amide bonds. The van der Waals surface area contributed by atoms with Crippen molar-refractivity contribution in [3.05, 3.63) is 29.8 Å². The summed E-state index contributed by atoms with van der Waals surface area (Å²) in [6, 6.07) is 7.81. The molecular weight excluding hydrogens is 282 g/mol. The molecule has 0 unspecified atom stereocenters. The Hall–Kier alpha value is -2.04. The molecule has 120 valence electrons. The summed E-state index contributed by atoms with van der Waals surface area (Å²) in [6.45, 7) is 3.61. The van der Waals surface area contributed by atoms with Gasteiger partial charge in [0.05, 0.1) is 12.5 Å². The van der Waals surface area contributed by atoms with Crippen molar-refractivity contribution in [1.29, 1.82) is 0 Å². The number of rotatable bonds is 6. The molecule has 0 spiro atoms. The second kappa shape index (κ2) is 7.82. The first-order chi connectivity index (χ1) is 10.6. The van der Waals surface area contributed by atoms with Crippen LogP contribution in [0.4, 0.5) is 0 Å². The summed E-state index contributed by atoms with van der Waals surface area (Å²) in [7, 11) is 0. The molecule has 1 heterocycles. The molecule has 0 bridgehead atoms. The average Bonchev–Trinajstić information content (AvgIpc) is 2.53. The van der Waals surface area contributed by atoms with Crippen LogP contribution >= 0.6 is 0 Å². The molecule has 2 rings (SSSR count). The molecule has 0 aromatic heterocycles. The van der Waals surface area contributed by atoms with Gasteiger partial charge in [0.2, 0.25) is 5.91 Å². The quantitative estimate of drug-likeness (QED) is 0.820. The van der Waals surface area contributed by atoms with Crippen LogP contribution in [0, 0.1) is 12.8 Å². The van der Waals surface area contributed by atoms with Crippen molar-refractivity contribution < 1.29 is 19.4 Å². The number of ether oxygens (including phenoxy) is 1. The first kappa shape index (κ1) is 16.3. The summed E-state index contributed by atoms with van der Waals surface area (Å²) < 4.78 is 5.67. The summed E-state index contributed by atoms with van der Waals surface area (Å²) in [5.41, 5.74) is 1.09. The van der Waals surface area contributed by atoms with Gasteiger partial charge in [-0.05, 0) is 37.8 Å². The summed E-state index contributed by atoms with van der Waals surface area (Å²) >= 11 is 0. The van der Waals surface area contributed by atoms with Crippen LogP contribution in [0.15, 0.2) is 24.3 Å². The maximum atomic E-state index is 12.1. The number of piperidine rings is 1. The largest absolute Gasteiger partial charge is 0.493 e. The third kappa shape index (κ3) is 4.48. The second-order valence-electron chi connectivity index (χ2n) is 5.71. The number of carbonyl (C=O) groups is 2. The summed E-state index contributed by atoms with van der Waals surface area (Å²) in [5, 5.41) is 8.95. The van der Waals surface area contributed by atoms with E-state index in [4.69, 9.17) is 9.84 Å². The van der Waals surface area contributed by atoms with E-state index in [1.165, 1.54) is 0 Å². The van der Waals surface area contributed by atoms with E-state index in [0.29, 0.717) is 45.4 Å². The number of amides is 1. The van der Waals surface area contributed by atoms with Crippen molar-refractivity contribution in [3.8, 4) is 5.75 Å². The zero-order valence-corrected chi connectivity index (χ0v) is 13.0. The van der Waals surface area contributed by atoms with E-state index in [2.05, 4.69) is 0 Å². The molecule has 1 aliphatic heterocycles. The molecule has 5 heteroatoms. The number of carboxylic acids is 1. The van der Waals surface area contributed by atoms with E-state index in [9.17, 15) is 9.59 Å². The number of carbonyl (C=O) groups excluding carboxylic acids is 1. The lowest BCUT2D eigenvalue weighted by Crippen LogP contribution is -2.40. The van der Waals surface area contributed by atoms with Crippen molar-refractivity contribution in [2.45, 2.75) is 32.6 Å². The lowest BCUT2D eigenvalue weighted by molar-refractivity contribution is -0.145. The Morgan fingerprint density at radius 2 is 1.95 bits per heavy atom. The average molecular weight is 305 g/mol. The smallest absolute Gasteiger partial charge is 0.306 e. The maximum absolute atomic E-state index is 12.1. The van der Waals surface area contributed by atoms with E-state index >= 15 is 0 Å². The fourth-order valence-corrected chi connectivity index (χ4v) is 2.66.